The van der Waals surface area contributed by atoms with Gasteiger partial charge in [-0.3, -0.25) is 0 Å². The molecule has 2 rings (SSSR count). The molecule has 0 spiro atoms. The summed E-state index contributed by atoms with van der Waals surface area (Å²) in [5.74, 6) is 1.97. The predicted molar refractivity (Wildman–Crippen MR) is 64.0 cm³/mol. The number of nitrogens with zero attached hydrogens (tertiary/aromatic N) is 3. The minimum atomic E-state index is 0.679. The lowest BCUT2D eigenvalue weighted by Crippen LogP contribution is -2.33. The Hall–Kier alpha value is -0.900. The Morgan fingerprint density at radius 2 is 2.12 bits per heavy atom. The Kier molecular flexibility index (Phi) is 3.93. The molecule has 1 fully saturated rings. The number of rotatable bonds is 4. The minimum absolute atomic E-state index is 0.679. The van der Waals surface area contributed by atoms with Gasteiger partial charge in [0.25, 0.3) is 0 Å². The minimum Gasteiger partial charge on any atom is -0.317 e. The first kappa shape index (κ1) is 11.6. The molecule has 4 nitrogen and oxygen atoms in total. The first-order valence-corrected chi connectivity index (χ1v) is 6.39. The molecule has 0 amide bonds. The summed E-state index contributed by atoms with van der Waals surface area (Å²) in [6.07, 6.45) is 7.14. The number of aromatic nitrogens is 3. The Balaban J connectivity index is 1.79. The SMILES string of the molecule is CCn1cnnc1CNC1CCC(C)CC1. The van der Waals surface area contributed by atoms with E-state index in [0.29, 0.717) is 6.04 Å². The van der Waals surface area contributed by atoms with Crippen LogP contribution >= 0.6 is 0 Å². The van der Waals surface area contributed by atoms with Gasteiger partial charge in [0.1, 0.15) is 12.2 Å². The standard InChI is InChI=1S/C12H22N4/c1-3-16-9-14-15-12(16)8-13-11-6-4-10(2)5-7-11/h9-11,13H,3-8H2,1-2H3. The van der Waals surface area contributed by atoms with Crippen molar-refractivity contribution in [2.45, 2.75) is 58.7 Å². The van der Waals surface area contributed by atoms with Crippen LogP contribution < -0.4 is 5.32 Å². The Morgan fingerprint density at radius 3 is 2.81 bits per heavy atom. The third kappa shape index (κ3) is 2.82. The number of hydrogen-bond donors (Lipinski definition) is 1. The molecule has 90 valence electrons. The van der Waals surface area contributed by atoms with E-state index < -0.39 is 0 Å². The molecule has 1 aromatic heterocycles. The molecular weight excluding hydrogens is 200 g/mol. The normalized spacial score (nSPS) is 25.9. The first-order chi connectivity index (χ1) is 7.79. The summed E-state index contributed by atoms with van der Waals surface area (Å²) >= 11 is 0. The summed E-state index contributed by atoms with van der Waals surface area (Å²) in [5, 5.41) is 11.7. The summed E-state index contributed by atoms with van der Waals surface area (Å²) < 4.78 is 2.10. The molecule has 0 unspecified atom stereocenters. The van der Waals surface area contributed by atoms with Crippen molar-refractivity contribution in [2.75, 3.05) is 0 Å². The van der Waals surface area contributed by atoms with Gasteiger partial charge in [0.15, 0.2) is 0 Å². The fourth-order valence-corrected chi connectivity index (χ4v) is 2.38. The maximum atomic E-state index is 4.14. The summed E-state index contributed by atoms with van der Waals surface area (Å²) in [6, 6.07) is 0.679. The van der Waals surface area contributed by atoms with Crippen LogP contribution in [0.2, 0.25) is 0 Å². The highest BCUT2D eigenvalue weighted by atomic mass is 15.3. The van der Waals surface area contributed by atoms with E-state index in [1.807, 2.05) is 0 Å². The van der Waals surface area contributed by atoms with Crippen molar-refractivity contribution >= 4 is 0 Å². The van der Waals surface area contributed by atoms with Crippen molar-refractivity contribution in [3.63, 3.8) is 0 Å². The molecule has 16 heavy (non-hydrogen) atoms. The van der Waals surface area contributed by atoms with E-state index in [4.69, 9.17) is 0 Å². The van der Waals surface area contributed by atoms with Crippen LogP contribution in [0.5, 0.6) is 0 Å². The van der Waals surface area contributed by atoms with Crippen LogP contribution in [0.4, 0.5) is 0 Å². The predicted octanol–water partition coefficient (Wildman–Crippen LogP) is 1.97. The average Bonchev–Trinajstić information content (AvgIpc) is 2.76. The van der Waals surface area contributed by atoms with E-state index >= 15 is 0 Å². The van der Waals surface area contributed by atoms with E-state index in [-0.39, 0.29) is 0 Å². The molecule has 0 radical (unpaired) electrons. The van der Waals surface area contributed by atoms with E-state index in [9.17, 15) is 0 Å². The third-order valence-electron chi connectivity index (χ3n) is 3.60. The van der Waals surface area contributed by atoms with Crippen LogP contribution in [0.1, 0.15) is 45.4 Å². The highest BCUT2D eigenvalue weighted by Crippen LogP contribution is 2.23. The summed E-state index contributed by atoms with van der Waals surface area (Å²) in [5.41, 5.74) is 0. The van der Waals surface area contributed by atoms with Gasteiger partial charge in [-0.1, -0.05) is 6.92 Å². The van der Waals surface area contributed by atoms with E-state index in [2.05, 4.69) is 33.9 Å². The number of nitrogens with one attached hydrogen (secondary N) is 1. The van der Waals surface area contributed by atoms with Crippen LogP contribution in [0.3, 0.4) is 0 Å². The zero-order valence-corrected chi connectivity index (χ0v) is 10.3. The maximum absolute atomic E-state index is 4.14. The van der Waals surface area contributed by atoms with E-state index in [1.165, 1.54) is 25.7 Å². The van der Waals surface area contributed by atoms with E-state index in [0.717, 1.165) is 24.8 Å². The molecule has 0 saturated heterocycles. The summed E-state index contributed by atoms with van der Waals surface area (Å²) in [7, 11) is 0. The molecule has 1 aliphatic rings. The molecule has 1 aromatic rings. The van der Waals surface area contributed by atoms with E-state index in [1.54, 1.807) is 6.33 Å². The lowest BCUT2D eigenvalue weighted by atomic mass is 9.87. The molecule has 1 saturated carbocycles. The van der Waals surface area contributed by atoms with Crippen molar-refractivity contribution in [1.29, 1.82) is 0 Å². The Morgan fingerprint density at radius 1 is 1.38 bits per heavy atom. The maximum Gasteiger partial charge on any atom is 0.146 e. The van der Waals surface area contributed by atoms with Gasteiger partial charge in [-0.15, -0.1) is 10.2 Å². The molecular formula is C12H22N4. The quantitative estimate of drug-likeness (QED) is 0.847. The second-order valence-electron chi connectivity index (χ2n) is 4.87. The zero-order valence-electron chi connectivity index (χ0n) is 10.3. The molecule has 0 bridgehead atoms. The van der Waals surface area contributed by atoms with Crippen LogP contribution in [-0.4, -0.2) is 20.8 Å². The smallest absolute Gasteiger partial charge is 0.146 e. The van der Waals surface area contributed by atoms with Crippen molar-refractivity contribution < 1.29 is 0 Å². The molecule has 0 atom stereocenters. The largest absolute Gasteiger partial charge is 0.317 e. The second-order valence-corrected chi connectivity index (χ2v) is 4.87. The number of aryl methyl sites for hydroxylation is 1. The van der Waals surface area contributed by atoms with Gasteiger partial charge < -0.3 is 9.88 Å². The van der Waals surface area contributed by atoms with Crippen molar-refractivity contribution in [1.82, 2.24) is 20.1 Å². The molecule has 1 aliphatic carbocycles. The van der Waals surface area contributed by atoms with Crippen LogP contribution in [-0.2, 0) is 13.1 Å². The van der Waals surface area contributed by atoms with Gasteiger partial charge in [-0.25, -0.2) is 0 Å². The van der Waals surface area contributed by atoms with Crippen molar-refractivity contribution in [3.05, 3.63) is 12.2 Å². The van der Waals surface area contributed by atoms with Crippen LogP contribution in [0.25, 0.3) is 0 Å². The topological polar surface area (TPSA) is 42.7 Å². The van der Waals surface area contributed by atoms with Crippen molar-refractivity contribution in [3.8, 4) is 0 Å². The van der Waals surface area contributed by atoms with Crippen LogP contribution in [0.15, 0.2) is 6.33 Å². The first-order valence-electron chi connectivity index (χ1n) is 6.39. The second kappa shape index (κ2) is 5.43. The highest BCUT2D eigenvalue weighted by Gasteiger charge is 2.17. The lowest BCUT2D eigenvalue weighted by Gasteiger charge is -2.26. The van der Waals surface area contributed by atoms with Gasteiger partial charge >= 0.3 is 0 Å². The monoisotopic (exact) mass is 222 g/mol. The zero-order chi connectivity index (χ0) is 11.4. The van der Waals surface area contributed by atoms with Gasteiger partial charge in [0.2, 0.25) is 0 Å². The number of hydrogen-bond acceptors (Lipinski definition) is 3. The molecule has 1 N–H and O–H groups in total. The fraction of sp³-hybridized carbons (Fsp3) is 0.833. The third-order valence-corrected chi connectivity index (χ3v) is 3.60. The Bertz CT molecular complexity index is 313. The van der Waals surface area contributed by atoms with Crippen LogP contribution in [0, 0.1) is 5.92 Å². The average molecular weight is 222 g/mol. The molecule has 0 aromatic carbocycles. The summed E-state index contributed by atoms with van der Waals surface area (Å²) in [6.45, 7) is 6.28. The summed E-state index contributed by atoms with van der Waals surface area (Å²) in [4.78, 5) is 0. The van der Waals surface area contributed by atoms with Gasteiger partial charge in [0.05, 0.1) is 6.54 Å². The highest BCUT2D eigenvalue weighted by molar-refractivity contribution is 4.86. The van der Waals surface area contributed by atoms with Gasteiger partial charge in [-0.2, -0.15) is 0 Å². The molecule has 4 heteroatoms. The fourth-order valence-electron chi connectivity index (χ4n) is 2.38. The van der Waals surface area contributed by atoms with Crippen molar-refractivity contribution in [2.24, 2.45) is 5.92 Å². The lowest BCUT2D eigenvalue weighted by molar-refractivity contribution is 0.304. The van der Waals surface area contributed by atoms with Gasteiger partial charge in [-0.05, 0) is 38.5 Å². The van der Waals surface area contributed by atoms with Gasteiger partial charge in [0, 0.05) is 12.6 Å². The Labute approximate surface area is 97.5 Å². The molecule has 1 heterocycles. The molecule has 0 aliphatic heterocycles.